The fourth-order valence-corrected chi connectivity index (χ4v) is 1.87. The lowest BCUT2D eigenvalue weighted by Crippen LogP contribution is -2.30. The zero-order valence-corrected chi connectivity index (χ0v) is 11.1. The molecule has 0 aromatic carbocycles. The number of anilines is 1. The van der Waals surface area contributed by atoms with Crippen LogP contribution in [0.15, 0.2) is 30.6 Å². The van der Waals surface area contributed by atoms with Crippen molar-refractivity contribution in [3.05, 3.63) is 36.2 Å². The number of carbonyl (C=O) groups is 1. The highest BCUT2D eigenvalue weighted by atomic mass is 16.2. The number of amides is 1. The normalized spacial score (nSPS) is 10.4. The minimum absolute atomic E-state index is 0.107. The smallest absolute Gasteiger partial charge is 0.259 e. The van der Waals surface area contributed by atoms with Gasteiger partial charge in [0.1, 0.15) is 11.4 Å². The van der Waals surface area contributed by atoms with Crippen LogP contribution >= 0.6 is 0 Å². The van der Waals surface area contributed by atoms with E-state index in [0.29, 0.717) is 30.3 Å². The van der Waals surface area contributed by atoms with Crippen LogP contribution in [0.25, 0.3) is 5.82 Å². The molecule has 0 fully saturated rings. The third-order valence-corrected chi connectivity index (χ3v) is 2.95. The highest BCUT2D eigenvalue weighted by molar-refractivity contribution is 5.98. The Morgan fingerprint density at radius 3 is 2.68 bits per heavy atom. The van der Waals surface area contributed by atoms with Crippen molar-refractivity contribution in [2.24, 2.45) is 0 Å². The van der Waals surface area contributed by atoms with Gasteiger partial charge >= 0.3 is 0 Å². The second-order valence-corrected chi connectivity index (χ2v) is 4.02. The van der Waals surface area contributed by atoms with Crippen molar-refractivity contribution in [3.8, 4) is 5.82 Å². The van der Waals surface area contributed by atoms with E-state index in [1.54, 1.807) is 17.2 Å². The summed E-state index contributed by atoms with van der Waals surface area (Å²) in [7, 11) is 0. The molecule has 0 aliphatic heterocycles. The average molecular weight is 259 g/mol. The van der Waals surface area contributed by atoms with Gasteiger partial charge < -0.3 is 10.6 Å². The third kappa shape index (κ3) is 2.42. The van der Waals surface area contributed by atoms with Crippen molar-refractivity contribution in [3.63, 3.8) is 0 Å². The van der Waals surface area contributed by atoms with Gasteiger partial charge in [0, 0.05) is 19.3 Å². The molecular weight excluding hydrogens is 242 g/mol. The van der Waals surface area contributed by atoms with E-state index in [1.165, 1.54) is 10.9 Å². The molecule has 2 heterocycles. The first-order chi connectivity index (χ1) is 9.19. The average Bonchev–Trinajstić information content (AvgIpc) is 2.83. The maximum atomic E-state index is 12.2. The lowest BCUT2D eigenvalue weighted by molar-refractivity contribution is 0.0774. The molecule has 6 nitrogen and oxygen atoms in total. The first-order valence-electron chi connectivity index (χ1n) is 6.23. The fourth-order valence-electron chi connectivity index (χ4n) is 1.87. The molecule has 0 saturated heterocycles. The zero-order valence-electron chi connectivity index (χ0n) is 11.1. The molecule has 100 valence electrons. The summed E-state index contributed by atoms with van der Waals surface area (Å²) in [6, 6.07) is 5.44. The van der Waals surface area contributed by atoms with Gasteiger partial charge in [-0.25, -0.2) is 4.98 Å². The topological polar surface area (TPSA) is 77.0 Å². The Morgan fingerprint density at radius 1 is 1.37 bits per heavy atom. The number of nitrogens with zero attached hydrogens (tertiary/aromatic N) is 4. The molecular formula is C13H17N5O. The molecule has 0 spiro atoms. The molecule has 1 amide bonds. The van der Waals surface area contributed by atoms with Gasteiger partial charge in [-0.1, -0.05) is 6.07 Å². The van der Waals surface area contributed by atoms with E-state index in [1.807, 2.05) is 26.0 Å². The number of rotatable bonds is 4. The van der Waals surface area contributed by atoms with Crippen molar-refractivity contribution in [1.82, 2.24) is 19.7 Å². The summed E-state index contributed by atoms with van der Waals surface area (Å²) in [5, 5.41) is 4.14. The van der Waals surface area contributed by atoms with Gasteiger partial charge in [-0.3, -0.25) is 4.79 Å². The number of hydrogen-bond donors (Lipinski definition) is 1. The lowest BCUT2D eigenvalue weighted by Gasteiger charge is -2.17. The highest BCUT2D eigenvalue weighted by Gasteiger charge is 2.20. The van der Waals surface area contributed by atoms with Crippen molar-refractivity contribution in [2.75, 3.05) is 18.8 Å². The minimum atomic E-state index is -0.107. The first-order valence-corrected chi connectivity index (χ1v) is 6.23. The van der Waals surface area contributed by atoms with Crippen LogP contribution in [-0.4, -0.2) is 38.7 Å². The Balaban J connectivity index is 2.36. The Hall–Kier alpha value is -2.37. The molecule has 0 unspecified atom stereocenters. The molecule has 2 rings (SSSR count). The first kappa shape index (κ1) is 13.1. The van der Waals surface area contributed by atoms with E-state index in [2.05, 4.69) is 10.1 Å². The highest BCUT2D eigenvalue weighted by Crippen LogP contribution is 2.17. The van der Waals surface area contributed by atoms with Crippen LogP contribution in [0, 0.1) is 0 Å². The molecule has 0 aliphatic carbocycles. The second kappa shape index (κ2) is 5.51. The van der Waals surface area contributed by atoms with E-state index < -0.39 is 0 Å². The van der Waals surface area contributed by atoms with Crippen LogP contribution in [0.2, 0.25) is 0 Å². The van der Waals surface area contributed by atoms with Crippen LogP contribution in [0.5, 0.6) is 0 Å². The number of pyridine rings is 1. The summed E-state index contributed by atoms with van der Waals surface area (Å²) in [5.41, 5.74) is 6.41. The van der Waals surface area contributed by atoms with Gasteiger partial charge in [0.15, 0.2) is 5.82 Å². The summed E-state index contributed by atoms with van der Waals surface area (Å²) in [6.07, 6.45) is 3.15. The predicted octanol–water partition coefficient (Wildman–Crippen LogP) is 1.33. The van der Waals surface area contributed by atoms with Gasteiger partial charge in [0.05, 0.1) is 6.20 Å². The Kier molecular flexibility index (Phi) is 3.79. The summed E-state index contributed by atoms with van der Waals surface area (Å²) < 4.78 is 1.47. The molecule has 2 aromatic rings. The van der Waals surface area contributed by atoms with Gasteiger partial charge in [-0.05, 0) is 26.0 Å². The quantitative estimate of drug-likeness (QED) is 0.898. The van der Waals surface area contributed by atoms with Gasteiger partial charge in [-0.2, -0.15) is 9.78 Å². The van der Waals surface area contributed by atoms with E-state index in [9.17, 15) is 4.79 Å². The molecule has 6 heteroatoms. The minimum Gasteiger partial charge on any atom is -0.383 e. The van der Waals surface area contributed by atoms with Crippen LogP contribution in [0.1, 0.15) is 24.2 Å². The number of carbonyl (C=O) groups excluding carboxylic acids is 1. The van der Waals surface area contributed by atoms with Crippen LogP contribution in [-0.2, 0) is 0 Å². The SMILES string of the molecule is CCN(CC)C(=O)c1cnn(-c2ccccn2)c1N. The molecule has 0 saturated carbocycles. The molecule has 2 aromatic heterocycles. The Labute approximate surface area is 111 Å². The monoisotopic (exact) mass is 259 g/mol. The third-order valence-electron chi connectivity index (χ3n) is 2.95. The maximum Gasteiger partial charge on any atom is 0.259 e. The molecule has 19 heavy (non-hydrogen) atoms. The number of nitrogens with two attached hydrogens (primary N) is 1. The lowest BCUT2D eigenvalue weighted by atomic mass is 10.2. The van der Waals surface area contributed by atoms with Crippen LogP contribution in [0.4, 0.5) is 5.82 Å². The van der Waals surface area contributed by atoms with Crippen molar-refractivity contribution < 1.29 is 4.79 Å². The van der Waals surface area contributed by atoms with E-state index in [-0.39, 0.29) is 5.91 Å². The van der Waals surface area contributed by atoms with Crippen LogP contribution in [0.3, 0.4) is 0 Å². The largest absolute Gasteiger partial charge is 0.383 e. The molecule has 0 bridgehead atoms. The summed E-state index contributed by atoms with van der Waals surface area (Å²) >= 11 is 0. The van der Waals surface area contributed by atoms with E-state index in [0.717, 1.165) is 0 Å². The van der Waals surface area contributed by atoms with E-state index >= 15 is 0 Å². The van der Waals surface area contributed by atoms with Gasteiger partial charge in [0.2, 0.25) is 0 Å². The standard InChI is InChI=1S/C13H17N5O/c1-3-17(4-2)13(19)10-9-16-18(12(10)14)11-7-5-6-8-15-11/h5-9H,3-4,14H2,1-2H3. The maximum absolute atomic E-state index is 12.2. The van der Waals surface area contributed by atoms with Crippen molar-refractivity contribution in [1.29, 1.82) is 0 Å². The summed E-state index contributed by atoms with van der Waals surface area (Å²) in [5.74, 6) is 0.805. The molecule has 0 aliphatic rings. The predicted molar refractivity (Wildman–Crippen MR) is 73.0 cm³/mol. The van der Waals surface area contributed by atoms with Crippen molar-refractivity contribution >= 4 is 11.7 Å². The second-order valence-electron chi connectivity index (χ2n) is 4.02. The van der Waals surface area contributed by atoms with Gasteiger partial charge in [-0.15, -0.1) is 0 Å². The summed E-state index contributed by atoms with van der Waals surface area (Å²) in [4.78, 5) is 18.1. The van der Waals surface area contributed by atoms with Crippen molar-refractivity contribution in [2.45, 2.75) is 13.8 Å². The van der Waals surface area contributed by atoms with Gasteiger partial charge in [0.25, 0.3) is 5.91 Å². The number of hydrogen-bond acceptors (Lipinski definition) is 4. The number of aromatic nitrogens is 3. The molecule has 0 radical (unpaired) electrons. The zero-order chi connectivity index (χ0) is 13.8. The molecule has 0 atom stereocenters. The summed E-state index contributed by atoms with van der Waals surface area (Å²) in [6.45, 7) is 5.15. The number of nitrogen functional groups attached to an aromatic ring is 1. The Bertz CT molecular complexity index is 560. The Morgan fingerprint density at radius 2 is 2.11 bits per heavy atom. The molecule has 2 N–H and O–H groups in total. The van der Waals surface area contributed by atoms with Crippen LogP contribution < -0.4 is 5.73 Å². The van der Waals surface area contributed by atoms with E-state index in [4.69, 9.17) is 5.73 Å². The fraction of sp³-hybridized carbons (Fsp3) is 0.308.